The quantitative estimate of drug-likeness (QED) is 0.712. The Bertz CT molecular complexity index is 212. The first-order chi connectivity index (χ1) is 7.09. The average Bonchev–Trinajstić information content (AvgIpc) is 2.23. The van der Waals surface area contributed by atoms with Gasteiger partial charge in [0, 0.05) is 19.1 Å². The maximum atomic E-state index is 9.78. The fraction of sp³-hybridized carbons (Fsp3) is 1.00. The average molecular weight is 213 g/mol. The summed E-state index contributed by atoms with van der Waals surface area (Å²) in [5, 5.41) is 9.78. The van der Waals surface area contributed by atoms with Crippen LogP contribution in [0.15, 0.2) is 0 Å². The molecule has 0 aromatic heterocycles. The van der Waals surface area contributed by atoms with Crippen LogP contribution >= 0.6 is 0 Å². The molecule has 1 aliphatic heterocycles. The summed E-state index contributed by atoms with van der Waals surface area (Å²) in [4.78, 5) is 2.51. The Kier molecular flexibility index (Phi) is 3.33. The van der Waals surface area contributed by atoms with Gasteiger partial charge in [-0.25, -0.2) is 0 Å². The molecule has 0 bridgehead atoms. The number of morpholine rings is 1. The van der Waals surface area contributed by atoms with Crippen LogP contribution in [0.1, 0.15) is 33.1 Å². The van der Waals surface area contributed by atoms with Crippen molar-refractivity contribution in [3.8, 4) is 0 Å². The van der Waals surface area contributed by atoms with Crippen molar-refractivity contribution < 1.29 is 9.84 Å². The predicted octanol–water partition coefficient (Wildman–Crippen LogP) is 1.26. The normalized spacial score (nSPS) is 37.8. The molecule has 88 valence electrons. The van der Waals surface area contributed by atoms with Gasteiger partial charge in [0.15, 0.2) is 0 Å². The number of hydrogen-bond acceptors (Lipinski definition) is 3. The van der Waals surface area contributed by atoms with Crippen LogP contribution in [0.2, 0.25) is 0 Å². The van der Waals surface area contributed by atoms with Crippen LogP contribution in [0, 0.1) is 5.41 Å². The van der Waals surface area contributed by atoms with E-state index in [0.29, 0.717) is 11.5 Å². The minimum atomic E-state index is -0.0918. The number of hydrogen-bond donors (Lipinski definition) is 1. The molecule has 2 rings (SSSR count). The first-order valence-corrected chi connectivity index (χ1v) is 6.09. The highest BCUT2D eigenvalue weighted by atomic mass is 16.5. The zero-order chi connectivity index (χ0) is 10.9. The van der Waals surface area contributed by atoms with Crippen molar-refractivity contribution >= 4 is 0 Å². The van der Waals surface area contributed by atoms with E-state index in [1.54, 1.807) is 0 Å². The predicted molar refractivity (Wildman–Crippen MR) is 59.8 cm³/mol. The molecule has 3 nitrogen and oxygen atoms in total. The highest BCUT2D eigenvalue weighted by Gasteiger charge is 2.39. The lowest BCUT2D eigenvalue weighted by Crippen LogP contribution is -2.53. The van der Waals surface area contributed by atoms with Gasteiger partial charge in [-0.2, -0.15) is 0 Å². The van der Waals surface area contributed by atoms with E-state index < -0.39 is 0 Å². The first-order valence-electron chi connectivity index (χ1n) is 6.09. The molecule has 2 unspecified atom stereocenters. The molecule has 0 amide bonds. The SMILES string of the molecule is CC1(C)CCC(O)CC1N1CCOCC1. The van der Waals surface area contributed by atoms with Crippen molar-refractivity contribution in [2.45, 2.75) is 45.3 Å². The fourth-order valence-electron chi connectivity index (χ4n) is 2.93. The maximum Gasteiger partial charge on any atom is 0.0594 e. The van der Waals surface area contributed by atoms with Crippen LogP contribution < -0.4 is 0 Å². The third-order valence-electron chi connectivity index (χ3n) is 4.01. The van der Waals surface area contributed by atoms with E-state index in [1.807, 2.05) is 0 Å². The molecule has 2 atom stereocenters. The standard InChI is InChI=1S/C12H23NO2/c1-12(2)4-3-10(14)9-11(12)13-5-7-15-8-6-13/h10-11,14H,3-9H2,1-2H3. The van der Waals surface area contributed by atoms with E-state index in [9.17, 15) is 5.11 Å². The summed E-state index contributed by atoms with van der Waals surface area (Å²) in [6, 6.07) is 0.533. The van der Waals surface area contributed by atoms with Gasteiger partial charge in [0.05, 0.1) is 19.3 Å². The van der Waals surface area contributed by atoms with Crippen molar-refractivity contribution in [3.63, 3.8) is 0 Å². The van der Waals surface area contributed by atoms with Gasteiger partial charge in [-0.1, -0.05) is 13.8 Å². The molecule has 0 aromatic rings. The Balaban J connectivity index is 2.02. The molecule has 1 saturated heterocycles. The molecular formula is C12H23NO2. The van der Waals surface area contributed by atoms with Gasteiger partial charge in [-0.15, -0.1) is 0 Å². The second kappa shape index (κ2) is 4.40. The number of ether oxygens (including phenoxy) is 1. The Morgan fingerprint density at radius 2 is 1.93 bits per heavy atom. The zero-order valence-electron chi connectivity index (χ0n) is 9.91. The van der Waals surface area contributed by atoms with Crippen molar-refractivity contribution in [1.29, 1.82) is 0 Å². The van der Waals surface area contributed by atoms with Crippen molar-refractivity contribution in [3.05, 3.63) is 0 Å². The second-order valence-corrected chi connectivity index (χ2v) is 5.58. The smallest absolute Gasteiger partial charge is 0.0594 e. The minimum absolute atomic E-state index is 0.0918. The summed E-state index contributed by atoms with van der Waals surface area (Å²) >= 11 is 0. The maximum absolute atomic E-state index is 9.78. The van der Waals surface area contributed by atoms with Crippen LogP contribution in [-0.2, 0) is 4.74 Å². The number of aliphatic hydroxyl groups excluding tert-OH is 1. The number of rotatable bonds is 1. The van der Waals surface area contributed by atoms with Gasteiger partial charge >= 0.3 is 0 Å². The van der Waals surface area contributed by atoms with Crippen LogP contribution in [-0.4, -0.2) is 48.5 Å². The molecule has 0 aromatic carbocycles. The molecule has 2 fully saturated rings. The Hall–Kier alpha value is -0.120. The van der Waals surface area contributed by atoms with Crippen molar-refractivity contribution in [2.75, 3.05) is 26.3 Å². The lowest BCUT2D eigenvalue weighted by Gasteiger charge is -2.47. The van der Waals surface area contributed by atoms with Gasteiger partial charge in [0.2, 0.25) is 0 Å². The highest BCUT2D eigenvalue weighted by molar-refractivity contribution is 4.93. The highest BCUT2D eigenvalue weighted by Crippen LogP contribution is 2.38. The summed E-state index contributed by atoms with van der Waals surface area (Å²) in [6.45, 7) is 8.42. The Morgan fingerprint density at radius 3 is 2.60 bits per heavy atom. The Morgan fingerprint density at radius 1 is 1.27 bits per heavy atom. The molecule has 1 heterocycles. The molecule has 1 saturated carbocycles. The lowest BCUT2D eigenvalue weighted by molar-refractivity contribution is -0.0543. The largest absolute Gasteiger partial charge is 0.393 e. The molecule has 1 N–H and O–H groups in total. The van der Waals surface area contributed by atoms with Crippen LogP contribution in [0.5, 0.6) is 0 Å². The molecule has 0 radical (unpaired) electrons. The monoisotopic (exact) mass is 213 g/mol. The third kappa shape index (κ3) is 2.52. The lowest BCUT2D eigenvalue weighted by atomic mass is 9.71. The molecule has 3 heteroatoms. The molecule has 0 spiro atoms. The minimum Gasteiger partial charge on any atom is -0.393 e. The zero-order valence-corrected chi connectivity index (χ0v) is 9.91. The van der Waals surface area contributed by atoms with Gasteiger partial charge in [0.1, 0.15) is 0 Å². The van der Waals surface area contributed by atoms with Crippen molar-refractivity contribution in [2.24, 2.45) is 5.41 Å². The summed E-state index contributed by atoms with van der Waals surface area (Å²) in [5.74, 6) is 0. The van der Waals surface area contributed by atoms with E-state index in [4.69, 9.17) is 4.74 Å². The topological polar surface area (TPSA) is 32.7 Å². The van der Waals surface area contributed by atoms with E-state index in [0.717, 1.165) is 45.6 Å². The van der Waals surface area contributed by atoms with E-state index >= 15 is 0 Å². The summed E-state index contributed by atoms with van der Waals surface area (Å²) in [7, 11) is 0. The summed E-state index contributed by atoms with van der Waals surface area (Å²) in [5.41, 5.74) is 0.344. The number of nitrogens with zero attached hydrogens (tertiary/aromatic N) is 1. The molecular weight excluding hydrogens is 190 g/mol. The van der Waals surface area contributed by atoms with E-state index in [1.165, 1.54) is 0 Å². The fourth-order valence-corrected chi connectivity index (χ4v) is 2.93. The first kappa shape index (κ1) is 11.4. The van der Waals surface area contributed by atoms with Crippen LogP contribution in [0.3, 0.4) is 0 Å². The third-order valence-corrected chi connectivity index (χ3v) is 4.01. The van der Waals surface area contributed by atoms with Crippen LogP contribution in [0.4, 0.5) is 0 Å². The van der Waals surface area contributed by atoms with Crippen molar-refractivity contribution in [1.82, 2.24) is 4.90 Å². The summed E-state index contributed by atoms with van der Waals surface area (Å²) < 4.78 is 5.38. The Labute approximate surface area is 92.4 Å². The second-order valence-electron chi connectivity index (χ2n) is 5.58. The molecule has 1 aliphatic carbocycles. The van der Waals surface area contributed by atoms with Gasteiger partial charge in [-0.05, 0) is 24.7 Å². The molecule has 2 aliphatic rings. The van der Waals surface area contributed by atoms with Gasteiger partial charge in [0.25, 0.3) is 0 Å². The van der Waals surface area contributed by atoms with Gasteiger partial charge in [-0.3, -0.25) is 4.90 Å². The summed E-state index contributed by atoms with van der Waals surface area (Å²) in [6.07, 6.45) is 2.95. The number of aliphatic hydroxyl groups is 1. The van der Waals surface area contributed by atoms with E-state index in [-0.39, 0.29) is 6.10 Å². The van der Waals surface area contributed by atoms with E-state index in [2.05, 4.69) is 18.7 Å². The van der Waals surface area contributed by atoms with Crippen LogP contribution in [0.25, 0.3) is 0 Å². The molecule has 15 heavy (non-hydrogen) atoms. The van der Waals surface area contributed by atoms with Gasteiger partial charge < -0.3 is 9.84 Å².